The van der Waals surface area contributed by atoms with Crippen molar-refractivity contribution >= 4 is 22.9 Å². The van der Waals surface area contributed by atoms with Crippen molar-refractivity contribution < 1.29 is 14.0 Å². The highest BCUT2D eigenvalue weighted by Crippen LogP contribution is 2.34. The van der Waals surface area contributed by atoms with Crippen molar-refractivity contribution in [2.45, 2.75) is 89.8 Å². The van der Waals surface area contributed by atoms with Crippen molar-refractivity contribution in [3.63, 3.8) is 0 Å². The number of nitrogens with zero attached hydrogens (tertiary/aromatic N) is 3. The molecule has 7 heteroatoms. The van der Waals surface area contributed by atoms with Crippen molar-refractivity contribution in [1.82, 2.24) is 19.7 Å². The Morgan fingerprint density at radius 2 is 1.82 bits per heavy atom. The van der Waals surface area contributed by atoms with Crippen LogP contribution in [-0.2, 0) is 11.3 Å². The molecule has 2 aromatic heterocycles. The number of likely N-dealkylation sites (tertiary alicyclic amines) is 1. The van der Waals surface area contributed by atoms with Gasteiger partial charge in [-0.15, -0.1) is 0 Å². The van der Waals surface area contributed by atoms with Gasteiger partial charge < -0.3 is 24.1 Å². The summed E-state index contributed by atoms with van der Waals surface area (Å²) in [5.41, 5.74) is 1.34. The van der Waals surface area contributed by atoms with Crippen molar-refractivity contribution in [3.05, 3.63) is 23.6 Å². The summed E-state index contributed by atoms with van der Waals surface area (Å²) in [6.45, 7) is 8.18. The average molecular weight is 455 g/mol. The minimum absolute atomic E-state index is 0.0200. The van der Waals surface area contributed by atoms with Crippen molar-refractivity contribution in [2.24, 2.45) is 0 Å². The molecule has 1 saturated heterocycles. The van der Waals surface area contributed by atoms with Crippen LogP contribution in [0.15, 0.2) is 16.5 Å². The van der Waals surface area contributed by atoms with Gasteiger partial charge in [-0.3, -0.25) is 9.59 Å². The molecule has 4 heterocycles. The lowest BCUT2D eigenvalue weighted by atomic mass is 9.91. The number of amides is 2. The van der Waals surface area contributed by atoms with E-state index in [1.54, 1.807) is 0 Å². The van der Waals surface area contributed by atoms with Gasteiger partial charge >= 0.3 is 0 Å². The molecule has 1 aliphatic carbocycles. The van der Waals surface area contributed by atoms with Crippen molar-refractivity contribution in [1.29, 1.82) is 0 Å². The highest BCUT2D eigenvalue weighted by Gasteiger charge is 2.48. The van der Waals surface area contributed by atoms with Crippen LogP contribution >= 0.6 is 0 Å². The van der Waals surface area contributed by atoms with Gasteiger partial charge in [0, 0.05) is 24.7 Å². The van der Waals surface area contributed by atoms with Gasteiger partial charge in [-0.1, -0.05) is 25.7 Å². The Morgan fingerprint density at radius 3 is 2.58 bits per heavy atom. The molecule has 0 aromatic carbocycles. The summed E-state index contributed by atoms with van der Waals surface area (Å²) in [5.74, 6) is 0.735. The van der Waals surface area contributed by atoms with E-state index in [-0.39, 0.29) is 17.9 Å². The number of hydrogen-bond acceptors (Lipinski definition) is 4. The monoisotopic (exact) mass is 454 g/mol. The van der Waals surface area contributed by atoms with Gasteiger partial charge in [0.25, 0.3) is 5.91 Å². The number of aryl methyl sites for hydroxylation is 1. The summed E-state index contributed by atoms with van der Waals surface area (Å²) in [7, 11) is 0. The summed E-state index contributed by atoms with van der Waals surface area (Å²) < 4.78 is 7.81. The molecular formula is C26H38N4O3. The zero-order chi connectivity index (χ0) is 23.0. The standard InChI is InChI=1S/C26H38N4O3/c1-19-16-21-23(33-19)17-22-24(31)30(15-9-14-28-12-7-4-8-13-28)26(2,18-29(21)22)25(32)27-20-10-5-3-6-11-20/h16-17,20H,3-15,18H2,1-2H3,(H,27,32)/t26-/m0/s1. The Bertz CT molecular complexity index is 1010. The van der Waals surface area contributed by atoms with Gasteiger partial charge in [-0.05, 0) is 65.6 Å². The highest BCUT2D eigenvalue weighted by molar-refractivity contribution is 6.03. The van der Waals surface area contributed by atoms with E-state index in [0.717, 1.165) is 68.6 Å². The summed E-state index contributed by atoms with van der Waals surface area (Å²) in [5, 5.41) is 3.32. The smallest absolute Gasteiger partial charge is 0.271 e. The molecule has 0 radical (unpaired) electrons. The highest BCUT2D eigenvalue weighted by atomic mass is 16.3. The van der Waals surface area contributed by atoms with Crippen LogP contribution < -0.4 is 5.32 Å². The molecule has 2 aromatic rings. The van der Waals surface area contributed by atoms with Crippen LogP contribution in [0.5, 0.6) is 0 Å². The number of carbonyl (C=O) groups excluding carboxylic acids is 2. The van der Waals surface area contributed by atoms with Gasteiger partial charge in [-0.2, -0.15) is 0 Å². The minimum Gasteiger partial charge on any atom is -0.460 e. The summed E-state index contributed by atoms with van der Waals surface area (Å²) in [6.07, 6.45) is 10.4. The molecule has 0 bridgehead atoms. The third-order valence-corrected chi connectivity index (χ3v) is 7.97. The fraction of sp³-hybridized carbons (Fsp3) is 0.692. The summed E-state index contributed by atoms with van der Waals surface area (Å²) >= 11 is 0. The predicted molar refractivity (Wildman–Crippen MR) is 128 cm³/mol. The Hall–Kier alpha value is -2.28. The molecule has 2 fully saturated rings. The van der Waals surface area contributed by atoms with E-state index in [9.17, 15) is 9.59 Å². The predicted octanol–water partition coefficient (Wildman–Crippen LogP) is 4.08. The molecule has 180 valence electrons. The van der Waals surface area contributed by atoms with Crippen LogP contribution in [-0.4, -0.2) is 63.9 Å². The Morgan fingerprint density at radius 1 is 1.09 bits per heavy atom. The first-order valence-corrected chi connectivity index (χ1v) is 12.9. The van der Waals surface area contributed by atoms with Crippen LogP contribution in [0.4, 0.5) is 0 Å². The van der Waals surface area contributed by atoms with Crippen molar-refractivity contribution in [3.8, 4) is 0 Å². The molecule has 2 aliphatic heterocycles. The van der Waals surface area contributed by atoms with Crippen LogP contribution in [0, 0.1) is 6.92 Å². The number of furan rings is 1. The molecule has 0 unspecified atom stereocenters. The van der Waals surface area contributed by atoms with Crippen LogP contribution in [0.3, 0.4) is 0 Å². The zero-order valence-electron chi connectivity index (χ0n) is 20.2. The number of rotatable bonds is 6. The van der Waals surface area contributed by atoms with E-state index in [0.29, 0.717) is 18.8 Å². The second-order valence-electron chi connectivity index (χ2n) is 10.5. The molecule has 5 rings (SSSR count). The molecule has 0 spiro atoms. The Labute approximate surface area is 196 Å². The lowest BCUT2D eigenvalue weighted by Gasteiger charge is -2.45. The van der Waals surface area contributed by atoms with E-state index in [1.165, 1.54) is 25.7 Å². The maximum atomic E-state index is 13.7. The van der Waals surface area contributed by atoms with Gasteiger partial charge in [0.15, 0.2) is 5.58 Å². The second-order valence-corrected chi connectivity index (χ2v) is 10.5. The molecule has 7 nitrogen and oxygen atoms in total. The van der Waals surface area contributed by atoms with Crippen LogP contribution in [0.25, 0.3) is 11.1 Å². The van der Waals surface area contributed by atoms with Crippen LogP contribution in [0.2, 0.25) is 0 Å². The fourth-order valence-electron chi connectivity index (χ4n) is 6.03. The summed E-state index contributed by atoms with van der Waals surface area (Å²) in [6, 6.07) is 4.04. The second kappa shape index (κ2) is 9.16. The molecule has 1 saturated carbocycles. The van der Waals surface area contributed by atoms with Crippen LogP contribution in [0.1, 0.15) is 81.0 Å². The van der Waals surface area contributed by atoms with Gasteiger partial charge in [0.05, 0.1) is 12.1 Å². The van der Waals surface area contributed by atoms with E-state index < -0.39 is 5.54 Å². The molecule has 1 N–H and O–H groups in total. The van der Waals surface area contributed by atoms with E-state index in [2.05, 4.69) is 10.2 Å². The molecule has 1 atom stereocenters. The average Bonchev–Trinajstić information content (AvgIpc) is 3.34. The quantitative estimate of drug-likeness (QED) is 0.714. The van der Waals surface area contributed by atoms with Gasteiger partial charge in [0.2, 0.25) is 5.91 Å². The SMILES string of the molecule is Cc1cc2c(cc3n2C[C@@](C)(C(=O)NC2CCCCC2)N(CCCN2CCCCC2)C3=O)o1. The fourth-order valence-corrected chi connectivity index (χ4v) is 6.03. The number of hydrogen-bond donors (Lipinski definition) is 1. The number of piperidine rings is 1. The number of nitrogens with one attached hydrogen (secondary N) is 1. The first kappa shape index (κ1) is 22.5. The Balaban J connectivity index is 1.40. The van der Waals surface area contributed by atoms with Crippen molar-refractivity contribution in [2.75, 3.05) is 26.2 Å². The summed E-state index contributed by atoms with van der Waals surface area (Å²) in [4.78, 5) is 31.8. The zero-order valence-corrected chi connectivity index (χ0v) is 20.2. The molecule has 33 heavy (non-hydrogen) atoms. The third-order valence-electron chi connectivity index (χ3n) is 7.97. The van der Waals surface area contributed by atoms with E-state index in [1.807, 2.05) is 35.4 Å². The molecule has 2 amide bonds. The first-order valence-electron chi connectivity index (χ1n) is 12.9. The minimum atomic E-state index is -0.916. The van der Waals surface area contributed by atoms with Gasteiger partial charge in [-0.25, -0.2) is 0 Å². The lowest BCUT2D eigenvalue weighted by Crippen LogP contribution is -2.65. The first-order chi connectivity index (χ1) is 16.0. The molecular weight excluding hydrogens is 416 g/mol. The number of carbonyl (C=O) groups is 2. The third kappa shape index (κ3) is 4.32. The lowest BCUT2D eigenvalue weighted by molar-refractivity contribution is -0.133. The maximum Gasteiger partial charge on any atom is 0.271 e. The molecule has 3 aliphatic rings. The number of fused-ring (bicyclic) bond motifs is 3. The van der Waals surface area contributed by atoms with E-state index in [4.69, 9.17) is 4.42 Å². The van der Waals surface area contributed by atoms with Gasteiger partial charge in [0.1, 0.15) is 17.0 Å². The Kier molecular flexibility index (Phi) is 6.25. The maximum absolute atomic E-state index is 13.7. The van der Waals surface area contributed by atoms with E-state index >= 15 is 0 Å². The number of aromatic nitrogens is 1. The topological polar surface area (TPSA) is 70.7 Å². The largest absolute Gasteiger partial charge is 0.460 e. The normalized spacial score (nSPS) is 24.9.